The fourth-order valence-corrected chi connectivity index (χ4v) is 6.91. The maximum Gasteiger partial charge on any atom is 0.340 e. The number of nitrogens with zero attached hydrogens (tertiary/aromatic N) is 1. The summed E-state index contributed by atoms with van der Waals surface area (Å²) in [6.45, 7) is 6.44. The van der Waals surface area contributed by atoms with Crippen molar-refractivity contribution < 1.29 is 28.7 Å². The number of ether oxygens (including phenoxy) is 2. The van der Waals surface area contributed by atoms with Gasteiger partial charge in [0.15, 0.2) is 0 Å². The third-order valence-electron chi connectivity index (χ3n) is 3.83. The number of unbranched alkanes of at least 4 members (excludes halogenated alkanes) is 2. The number of rotatable bonds is 9. The standard InChI is InChI=1S/C20H24I3NO6/c1-11(2)30-16(27)8-6-5-7-9-29-20(28)17-14(21)10-15(22)19(18(17)23)24(12(3)25)13(4)26/h10-11H,5-9H2,1-4H3. The normalized spacial score (nSPS) is 10.7. The van der Waals surface area contributed by atoms with Crippen molar-refractivity contribution >= 4 is 97.2 Å². The van der Waals surface area contributed by atoms with Crippen molar-refractivity contribution in [2.75, 3.05) is 11.5 Å². The Morgan fingerprint density at radius 1 is 0.967 bits per heavy atom. The smallest absolute Gasteiger partial charge is 0.340 e. The zero-order valence-corrected chi connectivity index (χ0v) is 23.7. The largest absolute Gasteiger partial charge is 0.463 e. The molecule has 0 heterocycles. The minimum absolute atomic E-state index is 0.121. The quantitative estimate of drug-likeness (QED) is 0.199. The van der Waals surface area contributed by atoms with Gasteiger partial charge in [-0.15, -0.1) is 0 Å². The van der Waals surface area contributed by atoms with E-state index in [-0.39, 0.29) is 18.7 Å². The topological polar surface area (TPSA) is 90.0 Å². The van der Waals surface area contributed by atoms with Crippen molar-refractivity contribution in [3.63, 3.8) is 0 Å². The molecule has 0 bridgehead atoms. The van der Waals surface area contributed by atoms with Crippen LogP contribution in [0.3, 0.4) is 0 Å². The average Bonchev–Trinajstić information content (AvgIpc) is 2.59. The van der Waals surface area contributed by atoms with Crippen molar-refractivity contribution in [1.29, 1.82) is 0 Å². The summed E-state index contributed by atoms with van der Waals surface area (Å²) >= 11 is 6.06. The first kappa shape index (κ1) is 27.5. The van der Waals surface area contributed by atoms with E-state index in [1.807, 2.05) is 81.6 Å². The number of benzene rings is 1. The van der Waals surface area contributed by atoms with Gasteiger partial charge in [-0.25, -0.2) is 9.69 Å². The van der Waals surface area contributed by atoms with E-state index < -0.39 is 17.8 Å². The Bertz CT molecular complexity index is 811. The van der Waals surface area contributed by atoms with Crippen LogP contribution in [-0.4, -0.2) is 36.5 Å². The molecular weight excluding hydrogens is 731 g/mol. The van der Waals surface area contributed by atoms with Gasteiger partial charge in [0, 0.05) is 27.4 Å². The number of hydrogen-bond donors (Lipinski definition) is 0. The lowest BCUT2D eigenvalue weighted by Gasteiger charge is -2.22. The van der Waals surface area contributed by atoms with Crippen LogP contribution in [0, 0.1) is 10.7 Å². The molecular formula is C20H24I3NO6. The van der Waals surface area contributed by atoms with Crippen LogP contribution >= 0.6 is 67.8 Å². The molecule has 1 rings (SSSR count). The Balaban J connectivity index is 2.79. The van der Waals surface area contributed by atoms with Crippen LogP contribution in [0.4, 0.5) is 5.69 Å². The van der Waals surface area contributed by atoms with Crippen molar-refractivity contribution in [1.82, 2.24) is 0 Å². The van der Waals surface area contributed by atoms with Crippen molar-refractivity contribution in [3.05, 3.63) is 22.3 Å². The first-order chi connectivity index (χ1) is 14.0. The number of imide groups is 1. The summed E-state index contributed by atoms with van der Waals surface area (Å²) in [6, 6.07) is 1.74. The number of hydrogen-bond acceptors (Lipinski definition) is 6. The predicted molar refractivity (Wildman–Crippen MR) is 138 cm³/mol. The molecule has 10 heteroatoms. The highest BCUT2D eigenvalue weighted by Crippen LogP contribution is 2.35. The van der Waals surface area contributed by atoms with Crippen LogP contribution in [-0.2, 0) is 23.9 Å². The molecule has 0 N–H and O–H groups in total. The molecule has 7 nitrogen and oxygen atoms in total. The zero-order valence-electron chi connectivity index (χ0n) is 17.2. The van der Waals surface area contributed by atoms with Crippen molar-refractivity contribution in [2.24, 2.45) is 0 Å². The van der Waals surface area contributed by atoms with E-state index in [4.69, 9.17) is 9.47 Å². The second-order valence-corrected chi connectivity index (χ2v) is 10.1. The number of esters is 2. The van der Waals surface area contributed by atoms with E-state index >= 15 is 0 Å². The third kappa shape index (κ3) is 8.20. The van der Waals surface area contributed by atoms with Crippen molar-refractivity contribution in [2.45, 2.75) is 59.5 Å². The van der Waals surface area contributed by atoms with Crippen LogP contribution in [0.25, 0.3) is 0 Å². The second kappa shape index (κ2) is 13.1. The zero-order chi connectivity index (χ0) is 23.0. The Hall–Kier alpha value is -0.510. The van der Waals surface area contributed by atoms with E-state index in [0.29, 0.717) is 41.2 Å². The maximum absolute atomic E-state index is 12.7. The van der Waals surface area contributed by atoms with Crippen LogP contribution in [0.5, 0.6) is 0 Å². The van der Waals surface area contributed by atoms with Crippen LogP contribution < -0.4 is 4.90 Å². The summed E-state index contributed by atoms with van der Waals surface area (Å²) in [5.41, 5.74) is 0.729. The Morgan fingerprint density at radius 2 is 1.57 bits per heavy atom. The van der Waals surface area contributed by atoms with Gasteiger partial charge in [-0.05, 0) is 107 Å². The minimum Gasteiger partial charge on any atom is -0.463 e. The molecule has 0 saturated carbocycles. The molecule has 0 spiro atoms. The van der Waals surface area contributed by atoms with Gasteiger partial charge < -0.3 is 9.47 Å². The maximum atomic E-state index is 12.7. The molecule has 1 aromatic carbocycles. The first-order valence-electron chi connectivity index (χ1n) is 9.32. The van der Waals surface area contributed by atoms with E-state index in [2.05, 4.69) is 0 Å². The van der Waals surface area contributed by atoms with Crippen LogP contribution in [0.15, 0.2) is 6.07 Å². The molecule has 0 aromatic heterocycles. The number of amides is 2. The van der Waals surface area contributed by atoms with E-state index in [1.165, 1.54) is 13.8 Å². The lowest BCUT2D eigenvalue weighted by atomic mass is 10.1. The molecule has 0 aliphatic carbocycles. The van der Waals surface area contributed by atoms with Gasteiger partial charge in [0.05, 0.1) is 27.5 Å². The van der Waals surface area contributed by atoms with Gasteiger partial charge in [-0.3, -0.25) is 14.4 Å². The number of carbonyl (C=O) groups excluding carboxylic acids is 4. The van der Waals surface area contributed by atoms with E-state index in [0.717, 1.165) is 11.3 Å². The highest BCUT2D eigenvalue weighted by Gasteiger charge is 2.27. The van der Waals surface area contributed by atoms with Gasteiger partial charge in [0.2, 0.25) is 11.8 Å². The Labute approximate surface area is 217 Å². The van der Waals surface area contributed by atoms with Gasteiger partial charge >= 0.3 is 11.9 Å². The van der Waals surface area contributed by atoms with E-state index in [1.54, 1.807) is 6.07 Å². The monoisotopic (exact) mass is 755 g/mol. The molecule has 0 saturated heterocycles. The highest BCUT2D eigenvalue weighted by molar-refractivity contribution is 14.1. The molecule has 2 amide bonds. The summed E-state index contributed by atoms with van der Waals surface area (Å²) in [6.07, 6.45) is 2.24. The van der Waals surface area contributed by atoms with E-state index in [9.17, 15) is 19.2 Å². The summed E-state index contributed by atoms with van der Waals surface area (Å²) in [7, 11) is 0. The lowest BCUT2D eigenvalue weighted by Crippen LogP contribution is -2.35. The molecule has 0 aliphatic heterocycles. The summed E-state index contributed by atoms with van der Waals surface area (Å²) in [5, 5.41) is 0. The van der Waals surface area contributed by atoms with Crippen molar-refractivity contribution in [3.8, 4) is 0 Å². The van der Waals surface area contributed by atoms with Crippen LogP contribution in [0.1, 0.15) is 63.7 Å². The first-order valence-corrected chi connectivity index (χ1v) is 12.6. The molecule has 166 valence electrons. The molecule has 1 aromatic rings. The Morgan fingerprint density at radius 3 is 2.10 bits per heavy atom. The fraction of sp³-hybridized carbons (Fsp3) is 0.500. The van der Waals surface area contributed by atoms with Gasteiger partial charge in [-0.2, -0.15) is 0 Å². The molecule has 0 unspecified atom stereocenters. The second-order valence-electron chi connectivity index (χ2n) is 6.74. The highest BCUT2D eigenvalue weighted by atomic mass is 127. The third-order valence-corrected chi connectivity index (χ3v) is 6.55. The molecule has 30 heavy (non-hydrogen) atoms. The summed E-state index contributed by atoms with van der Waals surface area (Å²) in [4.78, 5) is 49.2. The molecule has 0 fully saturated rings. The minimum atomic E-state index is -0.507. The fourth-order valence-electron chi connectivity index (χ4n) is 2.62. The number of halogens is 3. The van der Waals surface area contributed by atoms with Gasteiger partial charge in [0.25, 0.3) is 0 Å². The average molecular weight is 755 g/mol. The predicted octanol–water partition coefficient (Wildman–Crippen LogP) is 5.07. The number of anilines is 1. The summed E-state index contributed by atoms with van der Waals surface area (Å²) in [5.74, 6) is -1.57. The van der Waals surface area contributed by atoms with Gasteiger partial charge in [-0.1, -0.05) is 0 Å². The molecule has 0 radical (unpaired) electrons. The number of carbonyl (C=O) groups is 4. The van der Waals surface area contributed by atoms with Gasteiger partial charge in [0.1, 0.15) is 0 Å². The summed E-state index contributed by atoms with van der Waals surface area (Å²) < 4.78 is 12.3. The lowest BCUT2D eigenvalue weighted by molar-refractivity contribution is -0.147. The Kier molecular flexibility index (Phi) is 12.0. The van der Waals surface area contributed by atoms with Crippen LogP contribution in [0.2, 0.25) is 0 Å². The molecule has 0 aliphatic rings. The SMILES string of the molecule is CC(=O)N(C(C)=O)c1c(I)cc(I)c(C(=O)OCCCCCC(=O)OC(C)C)c1I. The molecule has 0 atom stereocenters.